The second-order valence-electron chi connectivity index (χ2n) is 34.8. The molecule has 12 unspecified atom stereocenters. The lowest BCUT2D eigenvalue weighted by molar-refractivity contribution is -0.161. The Morgan fingerprint density at radius 1 is 0.350 bits per heavy atom. The first-order chi connectivity index (χ1) is 69.8. The molecule has 0 bridgehead atoms. The molecule has 0 spiro atoms. The van der Waals surface area contributed by atoms with Gasteiger partial charge in [-0.2, -0.15) is 0 Å². The van der Waals surface area contributed by atoms with Crippen molar-refractivity contribution in [3.63, 3.8) is 0 Å². The van der Waals surface area contributed by atoms with Gasteiger partial charge in [0.1, 0.15) is 48.5 Å². The predicted molar refractivity (Wildman–Crippen MR) is 471 cm³/mol. The second kappa shape index (κ2) is 43.9. The molecular weight excluding hydrogens is 1520 g/mol. The lowest BCUT2D eigenvalue weighted by atomic mass is 9.79. The molecule has 0 radical (unpaired) electrons. The molecule has 0 saturated carbocycles. The van der Waals surface area contributed by atoms with E-state index in [1.165, 1.54) is 55.1 Å². The molecule has 8 heterocycles. The maximum atomic E-state index is 13.0. The summed E-state index contributed by atoms with van der Waals surface area (Å²) in [6, 6.07) is -11.7. The molecule has 4 aromatic carbocycles. The molecule has 120 heavy (non-hydrogen) atoms. The van der Waals surface area contributed by atoms with Crippen molar-refractivity contribution < 1.29 is 121 Å². The average Bonchev–Trinajstić information content (AvgIpc) is 0.698. The minimum absolute atomic E-state index is 0.0183. The van der Waals surface area contributed by atoms with Crippen molar-refractivity contribution in [2.24, 2.45) is 93.9 Å². The van der Waals surface area contributed by atoms with E-state index in [1.807, 2.05) is 55.4 Å². The van der Waals surface area contributed by atoms with Crippen LogP contribution in [0.4, 0.5) is 0 Å². The van der Waals surface area contributed by atoms with Crippen LogP contribution in [-0.4, -0.2) is 201 Å². The topological polar surface area (TPSA) is 296 Å². The smallest absolute Gasteiger partial charge is 0.323 e. The summed E-state index contributed by atoms with van der Waals surface area (Å²) < 4.78 is 349. The molecular formula is C96H152N8O16. The maximum absolute atomic E-state index is 13.0. The first kappa shape index (κ1) is 59.6. The molecule has 16 atom stereocenters. The Kier molecular flexibility index (Phi) is 21.8. The van der Waals surface area contributed by atoms with Crippen LogP contribution in [0.15, 0.2) is 48.3 Å². The number of nitrogens with two attached hydrogens (primary N) is 4. The highest BCUT2D eigenvalue weighted by atomic mass is 16.6. The molecule has 12 rings (SSSR count). The van der Waals surface area contributed by atoms with Crippen molar-refractivity contribution in [3.8, 4) is 46.0 Å². The van der Waals surface area contributed by atoms with Crippen molar-refractivity contribution in [3.05, 3.63) is 92.8 Å². The zero-order valence-electron chi connectivity index (χ0n) is 107. The third-order valence-corrected chi connectivity index (χ3v) is 22.6. The SMILES string of the molecule is [2H]c1c(OC)c(OC([2H])([2H])[2H])c([2H])c2c1C1CC(OC(=O)[C@@H](N)C(C)C)C(CC(C)C)CN1C([2H])([2H])C2([2H])[2H].[2H]c1c(OC)c(OC([2H])([2H])[2H])c([2H])c2c1C1CC([2H])(OC(=O)[C@@H](N)C(C)C)C(CC(C)C)CN1C([2H])([2H])C2([2H])[2H].[2H]c1c(OC)c(OC)c([2H])c2c1C1CC([2H])(OC(=O)[C@@H](N)C(C)C)C(CC(C)C)CN1C([2H])([2H])C2([2H])[2H].[2H]c1c(OC)c(OC)c([2H])c2c1C1CC([2H])(OC(=O)[C@@H](N)C(C)C)C(CC(C)C)CN1C([2H])([2H])C2([2H])[2H]. The number of piperidine rings is 4. The third-order valence-electron chi connectivity index (χ3n) is 22.6. The van der Waals surface area contributed by atoms with E-state index >= 15 is 0 Å². The van der Waals surface area contributed by atoms with Crippen LogP contribution in [0.2, 0.25) is 0 Å². The van der Waals surface area contributed by atoms with Gasteiger partial charge in [0.2, 0.25) is 0 Å². The molecule has 0 amide bonds. The first-order valence-electron chi connectivity index (χ1n) is 58.1. The van der Waals surface area contributed by atoms with Gasteiger partial charge in [-0.3, -0.25) is 38.8 Å². The summed E-state index contributed by atoms with van der Waals surface area (Å²) in [5, 5.41) is 0. The predicted octanol–water partition coefficient (Wildman–Crippen LogP) is 14.3. The largest absolute Gasteiger partial charge is 0.493 e. The van der Waals surface area contributed by atoms with Crippen LogP contribution in [0.3, 0.4) is 0 Å². The van der Waals surface area contributed by atoms with Gasteiger partial charge in [0.25, 0.3) is 0 Å². The van der Waals surface area contributed by atoms with E-state index in [9.17, 15) is 23.3 Å². The molecule has 4 fully saturated rings. The van der Waals surface area contributed by atoms with Gasteiger partial charge in [-0.15, -0.1) is 0 Å². The van der Waals surface area contributed by atoms with Gasteiger partial charge in [-0.25, -0.2) is 0 Å². The molecule has 4 aromatic rings. The number of fused-ring (bicyclic) bond motifs is 12. The first-order valence-corrected chi connectivity index (χ1v) is 41.6. The van der Waals surface area contributed by atoms with Gasteiger partial charge >= 0.3 is 23.9 Å². The van der Waals surface area contributed by atoms with Crippen LogP contribution in [-0.2, 0) is 63.6 Å². The van der Waals surface area contributed by atoms with E-state index in [2.05, 4.69) is 0 Å². The Hall–Kier alpha value is -7.16. The summed E-state index contributed by atoms with van der Waals surface area (Å²) in [6.07, 6.45) is -16.4. The highest BCUT2D eigenvalue weighted by Crippen LogP contribution is 2.50. The van der Waals surface area contributed by atoms with Crippen LogP contribution < -0.4 is 60.8 Å². The van der Waals surface area contributed by atoms with E-state index in [4.69, 9.17) is 121 Å². The molecule has 672 valence electrons. The molecule has 8 aliphatic heterocycles. The number of carbonyl (C=O) groups is 4. The molecule has 8 aliphatic rings. The summed E-state index contributed by atoms with van der Waals surface area (Å²) >= 11 is 0. The fourth-order valence-electron chi connectivity index (χ4n) is 15.8. The summed E-state index contributed by atoms with van der Waals surface area (Å²) in [4.78, 5) is 56.8. The zero-order valence-corrected chi connectivity index (χ0v) is 73.7. The van der Waals surface area contributed by atoms with E-state index in [-0.39, 0.29) is 179 Å². The van der Waals surface area contributed by atoms with Gasteiger partial charge in [-0.05, 0) is 191 Å². The molecule has 0 aromatic heterocycles. The number of benzene rings is 4. The Bertz CT molecular complexity index is 5520. The zero-order chi connectivity index (χ0) is 117. The number of methoxy groups -OCH3 is 8. The number of carbonyl (C=O) groups excluding carboxylic acids is 4. The summed E-state index contributed by atoms with van der Waals surface area (Å²) in [5.74, 6) is -8.45. The van der Waals surface area contributed by atoms with Crippen LogP contribution >= 0.6 is 0 Å². The number of ether oxygens (including phenoxy) is 12. The van der Waals surface area contributed by atoms with E-state index in [0.29, 0.717) is 25.7 Å². The molecule has 8 N–H and O–H groups in total. The van der Waals surface area contributed by atoms with Gasteiger partial charge in [-0.1, -0.05) is 111 Å². The standard InChI is InChI=1S/4C24H38N2O4/c4*1-14(2)9-17-13-26-8-7-16-10-21(28-5)22(29-6)11-18(16)19(26)12-20(17)30-24(27)23(25)15(3)4/h4*10-11,14-15,17,19-20,23H,7-9,12-13,25H2,1-6H3/t4*17?,19?,20?,23-/m0000/s1/i5D3,7D2,8D2,10D,11D,20D;2*7D2,8D2,10D,11D,20D;5D3,7D2,8D2,10D,11D. The monoisotopic (exact) mass is 1710 g/mol. The molecule has 24 nitrogen and oxygen atoms in total. The fourth-order valence-corrected chi connectivity index (χ4v) is 15.8. The van der Waals surface area contributed by atoms with Gasteiger partial charge < -0.3 is 79.8 Å². The Morgan fingerprint density at radius 3 is 0.800 bits per heavy atom. The van der Waals surface area contributed by atoms with Crippen LogP contribution in [0.25, 0.3) is 0 Å². The van der Waals surface area contributed by atoms with E-state index < -0.39 is 244 Å². The second-order valence-corrected chi connectivity index (χ2v) is 34.8. The summed E-state index contributed by atoms with van der Waals surface area (Å²) in [5.41, 5.74) is 22.3. The van der Waals surface area contributed by atoms with Crippen LogP contribution in [0.1, 0.15) is 276 Å². The molecule has 24 heteroatoms. The van der Waals surface area contributed by atoms with Crippen LogP contribution in [0, 0.1) is 71.0 Å². The molecule has 4 saturated heterocycles. The Balaban J connectivity index is 0.000000226. The van der Waals surface area contributed by atoms with Crippen molar-refractivity contribution in [2.45, 2.75) is 260 Å². The van der Waals surface area contributed by atoms with Crippen molar-refractivity contribution >= 4 is 23.9 Å². The molecule has 0 aliphatic carbocycles. The van der Waals surface area contributed by atoms with Crippen molar-refractivity contribution in [1.82, 2.24) is 19.6 Å². The number of rotatable bonds is 28. The quantitative estimate of drug-likeness (QED) is 0.0303. The minimum Gasteiger partial charge on any atom is -0.493 e. The third kappa shape index (κ3) is 23.8. The highest BCUT2D eigenvalue weighted by molar-refractivity contribution is 5.77. The Labute approximate surface area is 765 Å². The Morgan fingerprint density at radius 2 is 0.567 bits per heavy atom. The summed E-state index contributed by atoms with van der Waals surface area (Å²) in [6.45, 7) is 18.7. The number of hydrogen-bond donors (Lipinski definition) is 4. The average molecular weight is 1710 g/mol. The fraction of sp³-hybridized carbons (Fsp3) is 0.708. The van der Waals surface area contributed by atoms with E-state index in [0.717, 1.165) is 7.11 Å². The normalized spacial score (nSPS) is 34.3. The lowest BCUT2D eigenvalue weighted by Gasteiger charge is -2.47. The van der Waals surface area contributed by atoms with Crippen molar-refractivity contribution in [1.29, 1.82) is 0 Å². The van der Waals surface area contributed by atoms with Gasteiger partial charge in [0, 0.05) is 148 Å². The maximum Gasteiger partial charge on any atom is 0.323 e. The minimum atomic E-state index is -3.06. The number of esters is 4. The van der Waals surface area contributed by atoms with Gasteiger partial charge in [0.05, 0.1) is 80.0 Å². The highest BCUT2D eigenvalue weighted by Gasteiger charge is 2.47. The number of nitrogens with zero attached hydrogens (tertiary/aromatic N) is 4. The van der Waals surface area contributed by atoms with Crippen molar-refractivity contribution in [2.75, 3.05) is 109 Å². The summed E-state index contributed by atoms with van der Waals surface area (Å²) in [7, 11) is 1.37. The van der Waals surface area contributed by atoms with Crippen LogP contribution in [0.5, 0.6) is 46.0 Å². The number of hydrogen-bond acceptors (Lipinski definition) is 24. The lowest BCUT2D eigenvalue weighted by Crippen LogP contribution is -2.51. The van der Waals surface area contributed by atoms with E-state index in [1.54, 1.807) is 55.4 Å². The van der Waals surface area contributed by atoms with Gasteiger partial charge in [0.15, 0.2) is 46.0 Å².